The van der Waals surface area contributed by atoms with Crippen molar-refractivity contribution < 1.29 is 9.59 Å². The Bertz CT molecular complexity index is 1170. The van der Waals surface area contributed by atoms with Gasteiger partial charge in [-0.05, 0) is 42.9 Å². The summed E-state index contributed by atoms with van der Waals surface area (Å²) >= 11 is 0. The number of nitrogens with one attached hydrogen (secondary N) is 2. The normalized spacial score (nSPS) is 14.3. The number of hydrogen-bond acceptors (Lipinski definition) is 5. The Morgan fingerprint density at radius 2 is 1.80 bits per heavy atom. The molecule has 0 unspecified atom stereocenters. The van der Waals surface area contributed by atoms with Crippen LogP contribution in [-0.2, 0) is 11.3 Å². The summed E-state index contributed by atoms with van der Waals surface area (Å²) in [7, 11) is 0. The van der Waals surface area contributed by atoms with Gasteiger partial charge in [-0.25, -0.2) is 4.79 Å². The maximum Gasteiger partial charge on any atom is 0.330 e. The number of nitrogens with two attached hydrogens (primary N) is 1. The quantitative estimate of drug-likeness (QED) is 0.528. The van der Waals surface area contributed by atoms with E-state index in [9.17, 15) is 19.2 Å². The molecule has 0 spiro atoms. The number of carbonyl (C=O) groups excluding carboxylic acids is 2. The standard InChI is InChI=1S/C26H37N5O4/c1-16(2)14-30(21-22(27)31(15-17(3)4)26(35)29-24(21)33)25(34)19-11-8-12-20(13-19)28-23(32)18-9-6-5-7-10-18/h8,11-13,16-18H,5-7,9-10,14-15,27H2,1-4H3,(H,28,32)(H,29,33,35). The Morgan fingerprint density at radius 3 is 2.43 bits per heavy atom. The van der Waals surface area contributed by atoms with Gasteiger partial charge in [0.05, 0.1) is 0 Å². The molecule has 2 amide bonds. The van der Waals surface area contributed by atoms with E-state index in [1.807, 2.05) is 27.7 Å². The number of benzene rings is 1. The van der Waals surface area contributed by atoms with E-state index in [0.29, 0.717) is 17.8 Å². The molecule has 9 heteroatoms. The minimum Gasteiger partial charge on any atom is -0.383 e. The second kappa shape index (κ2) is 11.4. The summed E-state index contributed by atoms with van der Waals surface area (Å²) in [6.07, 6.45) is 5.01. The molecular formula is C26H37N5O4. The third kappa shape index (κ3) is 6.41. The number of hydrogen-bond donors (Lipinski definition) is 3. The molecule has 1 aromatic carbocycles. The SMILES string of the molecule is CC(C)CN(C(=O)c1cccc(NC(=O)C2CCCCC2)c1)c1c(N)n(CC(C)C)c(=O)[nH]c1=O. The molecule has 1 aliphatic rings. The first kappa shape index (κ1) is 26.2. The van der Waals surface area contributed by atoms with Crippen molar-refractivity contribution in [2.24, 2.45) is 17.8 Å². The van der Waals surface area contributed by atoms with Crippen molar-refractivity contribution in [1.82, 2.24) is 9.55 Å². The molecule has 35 heavy (non-hydrogen) atoms. The summed E-state index contributed by atoms with van der Waals surface area (Å²) in [6.45, 7) is 8.25. The molecule has 1 fully saturated rings. The van der Waals surface area contributed by atoms with Gasteiger partial charge in [0.15, 0.2) is 5.69 Å². The number of nitrogen functional groups attached to an aromatic ring is 1. The van der Waals surface area contributed by atoms with E-state index in [1.165, 1.54) is 9.47 Å². The van der Waals surface area contributed by atoms with Gasteiger partial charge in [-0.3, -0.25) is 23.9 Å². The van der Waals surface area contributed by atoms with Gasteiger partial charge in [0.1, 0.15) is 5.82 Å². The molecule has 1 aliphatic carbocycles. The number of rotatable bonds is 8. The average Bonchev–Trinajstić information content (AvgIpc) is 2.81. The summed E-state index contributed by atoms with van der Waals surface area (Å²) < 4.78 is 1.29. The van der Waals surface area contributed by atoms with Crippen LogP contribution in [-0.4, -0.2) is 27.9 Å². The van der Waals surface area contributed by atoms with Gasteiger partial charge in [-0.1, -0.05) is 53.0 Å². The summed E-state index contributed by atoms with van der Waals surface area (Å²) in [5, 5.41) is 2.94. The molecular weight excluding hydrogens is 446 g/mol. The Kier molecular flexibility index (Phi) is 8.53. The molecule has 3 rings (SSSR count). The van der Waals surface area contributed by atoms with Gasteiger partial charge >= 0.3 is 5.69 Å². The van der Waals surface area contributed by atoms with Crippen molar-refractivity contribution in [2.45, 2.75) is 66.3 Å². The lowest BCUT2D eigenvalue weighted by Gasteiger charge is -2.26. The van der Waals surface area contributed by atoms with Crippen LogP contribution >= 0.6 is 0 Å². The number of H-pyrrole nitrogens is 1. The predicted octanol–water partition coefficient (Wildman–Crippen LogP) is 3.60. The van der Waals surface area contributed by atoms with Crippen LogP contribution in [0.15, 0.2) is 33.9 Å². The van der Waals surface area contributed by atoms with Gasteiger partial charge in [0.2, 0.25) is 5.91 Å². The molecule has 1 heterocycles. The second-order valence-corrected chi connectivity index (χ2v) is 10.2. The highest BCUT2D eigenvalue weighted by Gasteiger charge is 2.27. The maximum absolute atomic E-state index is 13.7. The number of anilines is 3. The highest BCUT2D eigenvalue weighted by Crippen LogP contribution is 2.26. The number of carbonyl (C=O) groups is 2. The third-order valence-corrected chi connectivity index (χ3v) is 6.18. The zero-order valence-corrected chi connectivity index (χ0v) is 21.1. The molecule has 1 saturated carbocycles. The van der Waals surface area contributed by atoms with Gasteiger partial charge in [-0.2, -0.15) is 0 Å². The predicted molar refractivity (Wildman–Crippen MR) is 139 cm³/mol. The van der Waals surface area contributed by atoms with Crippen LogP contribution in [0.3, 0.4) is 0 Å². The fourth-order valence-electron chi connectivity index (χ4n) is 4.52. The van der Waals surface area contributed by atoms with E-state index in [1.54, 1.807) is 24.3 Å². The van der Waals surface area contributed by atoms with Crippen LogP contribution in [0.1, 0.15) is 70.2 Å². The molecule has 0 radical (unpaired) electrons. The zero-order valence-electron chi connectivity index (χ0n) is 21.1. The minimum absolute atomic E-state index is 0.0130. The van der Waals surface area contributed by atoms with Crippen molar-refractivity contribution in [3.8, 4) is 0 Å². The van der Waals surface area contributed by atoms with E-state index in [-0.39, 0.29) is 41.7 Å². The Morgan fingerprint density at radius 1 is 1.11 bits per heavy atom. The van der Waals surface area contributed by atoms with Crippen LogP contribution in [0, 0.1) is 17.8 Å². The van der Waals surface area contributed by atoms with Crippen molar-refractivity contribution in [2.75, 3.05) is 22.5 Å². The van der Waals surface area contributed by atoms with Crippen LogP contribution in [0.25, 0.3) is 0 Å². The van der Waals surface area contributed by atoms with Crippen LogP contribution < -0.4 is 27.2 Å². The fraction of sp³-hybridized carbons (Fsp3) is 0.538. The molecule has 0 aliphatic heterocycles. The van der Waals surface area contributed by atoms with Gasteiger partial charge in [0, 0.05) is 30.3 Å². The van der Waals surface area contributed by atoms with Crippen molar-refractivity contribution in [3.63, 3.8) is 0 Å². The summed E-state index contributed by atoms with van der Waals surface area (Å²) in [4.78, 5) is 55.2. The number of nitrogens with zero attached hydrogens (tertiary/aromatic N) is 2. The Labute approximate surface area is 205 Å². The summed E-state index contributed by atoms with van der Waals surface area (Å²) in [5.41, 5.74) is 5.79. The Hall–Kier alpha value is -3.36. The molecule has 9 nitrogen and oxygen atoms in total. The molecule has 190 valence electrons. The lowest BCUT2D eigenvalue weighted by atomic mass is 9.88. The highest BCUT2D eigenvalue weighted by atomic mass is 16.2. The maximum atomic E-state index is 13.7. The fourth-order valence-corrected chi connectivity index (χ4v) is 4.52. The molecule has 0 bridgehead atoms. The lowest BCUT2D eigenvalue weighted by Crippen LogP contribution is -2.43. The van der Waals surface area contributed by atoms with Gasteiger partial charge in [0.25, 0.3) is 11.5 Å². The molecule has 4 N–H and O–H groups in total. The topological polar surface area (TPSA) is 130 Å². The molecule has 0 saturated heterocycles. The van der Waals surface area contributed by atoms with E-state index in [2.05, 4.69) is 10.3 Å². The highest BCUT2D eigenvalue weighted by molar-refractivity contribution is 6.08. The van der Waals surface area contributed by atoms with E-state index in [0.717, 1.165) is 32.1 Å². The summed E-state index contributed by atoms with van der Waals surface area (Å²) in [6, 6.07) is 6.70. The van der Waals surface area contributed by atoms with Crippen LogP contribution in [0.5, 0.6) is 0 Å². The second-order valence-electron chi connectivity index (χ2n) is 10.2. The number of aromatic amines is 1. The van der Waals surface area contributed by atoms with E-state index < -0.39 is 17.2 Å². The molecule has 1 aromatic heterocycles. The molecule has 2 aromatic rings. The third-order valence-electron chi connectivity index (χ3n) is 6.18. The van der Waals surface area contributed by atoms with Gasteiger partial charge in [-0.15, -0.1) is 0 Å². The smallest absolute Gasteiger partial charge is 0.330 e. The largest absolute Gasteiger partial charge is 0.383 e. The summed E-state index contributed by atoms with van der Waals surface area (Å²) in [5.74, 6) is -0.386. The number of amides is 2. The zero-order chi connectivity index (χ0) is 25.7. The first-order valence-corrected chi connectivity index (χ1v) is 12.4. The van der Waals surface area contributed by atoms with E-state index in [4.69, 9.17) is 5.73 Å². The van der Waals surface area contributed by atoms with E-state index >= 15 is 0 Å². The van der Waals surface area contributed by atoms with Crippen molar-refractivity contribution >= 4 is 29.0 Å². The minimum atomic E-state index is -0.705. The first-order valence-electron chi connectivity index (χ1n) is 12.4. The van der Waals surface area contributed by atoms with Crippen molar-refractivity contribution in [1.29, 1.82) is 0 Å². The van der Waals surface area contributed by atoms with Gasteiger partial charge < -0.3 is 16.0 Å². The van der Waals surface area contributed by atoms with Crippen LogP contribution in [0.4, 0.5) is 17.2 Å². The first-order chi connectivity index (χ1) is 16.6. The average molecular weight is 484 g/mol. The monoisotopic (exact) mass is 483 g/mol. The lowest BCUT2D eigenvalue weighted by molar-refractivity contribution is -0.120. The van der Waals surface area contributed by atoms with Crippen LogP contribution in [0.2, 0.25) is 0 Å². The number of aromatic nitrogens is 2. The van der Waals surface area contributed by atoms with Crippen molar-refractivity contribution in [3.05, 3.63) is 50.7 Å². The molecule has 0 atom stereocenters. The Balaban J connectivity index is 1.96.